The summed E-state index contributed by atoms with van der Waals surface area (Å²) in [5, 5.41) is 0. The number of hydrogen-bond donors (Lipinski definition) is 1. The predicted octanol–water partition coefficient (Wildman–Crippen LogP) is 2.86. The molecule has 1 unspecified atom stereocenters. The fourth-order valence-electron chi connectivity index (χ4n) is 3.43. The van der Waals surface area contributed by atoms with Crippen LogP contribution in [0, 0.1) is 6.92 Å². The van der Waals surface area contributed by atoms with Gasteiger partial charge in [0.2, 0.25) is 0 Å². The summed E-state index contributed by atoms with van der Waals surface area (Å²) >= 11 is 0. The number of imidazole rings is 1. The van der Waals surface area contributed by atoms with Gasteiger partial charge in [-0.25, -0.2) is 4.98 Å². The highest BCUT2D eigenvalue weighted by molar-refractivity contribution is 5.15. The molecule has 0 bridgehead atoms. The number of piperidine rings is 1. The second-order valence-corrected chi connectivity index (χ2v) is 6.72. The van der Waals surface area contributed by atoms with Crippen LogP contribution in [0.1, 0.15) is 29.8 Å². The van der Waals surface area contributed by atoms with E-state index in [1.165, 1.54) is 36.3 Å². The Labute approximate surface area is 139 Å². The largest absolute Gasteiger partial charge is 0.348 e. The molecule has 1 aliphatic heterocycles. The number of rotatable bonds is 6. The van der Waals surface area contributed by atoms with Gasteiger partial charge < -0.3 is 9.88 Å². The maximum atomic E-state index is 4.44. The van der Waals surface area contributed by atoms with Crippen LogP contribution in [0.5, 0.6) is 0 Å². The van der Waals surface area contributed by atoms with Gasteiger partial charge in [0.15, 0.2) is 0 Å². The third kappa shape index (κ3) is 4.43. The first kappa shape index (κ1) is 16.2. The van der Waals surface area contributed by atoms with Crippen LogP contribution in [0.25, 0.3) is 0 Å². The Balaban J connectivity index is 1.50. The lowest BCUT2D eigenvalue weighted by molar-refractivity contribution is 0.111. The second-order valence-electron chi connectivity index (χ2n) is 6.72. The van der Waals surface area contributed by atoms with E-state index in [1.54, 1.807) is 6.33 Å². The molecule has 0 radical (unpaired) electrons. The lowest BCUT2D eigenvalue weighted by Gasteiger charge is -2.37. The standard InChI is InChI=1S/C19H28N4/c1-16-19(21-15-20-16)14-23-11-6-9-18(13-23)22(2)12-10-17-7-4-3-5-8-17/h3-5,7-8,15,18H,6,9-14H2,1-2H3,(H,20,21). The number of nitrogens with one attached hydrogen (secondary N) is 1. The number of likely N-dealkylation sites (N-methyl/N-ethyl adjacent to an activating group) is 1. The van der Waals surface area contributed by atoms with Gasteiger partial charge in [-0.1, -0.05) is 30.3 Å². The van der Waals surface area contributed by atoms with Crippen molar-refractivity contribution in [3.63, 3.8) is 0 Å². The van der Waals surface area contributed by atoms with Crippen LogP contribution >= 0.6 is 0 Å². The molecule has 124 valence electrons. The molecule has 3 rings (SSSR count). The van der Waals surface area contributed by atoms with Gasteiger partial charge in [0.05, 0.1) is 12.0 Å². The molecule has 23 heavy (non-hydrogen) atoms. The van der Waals surface area contributed by atoms with Crippen LogP contribution in [0.4, 0.5) is 0 Å². The molecule has 0 aliphatic carbocycles. The summed E-state index contributed by atoms with van der Waals surface area (Å²) in [5.74, 6) is 0. The van der Waals surface area contributed by atoms with Gasteiger partial charge in [-0.15, -0.1) is 0 Å². The highest BCUT2D eigenvalue weighted by Gasteiger charge is 2.23. The highest BCUT2D eigenvalue weighted by atomic mass is 15.2. The van der Waals surface area contributed by atoms with Crippen molar-refractivity contribution in [1.29, 1.82) is 0 Å². The quantitative estimate of drug-likeness (QED) is 0.891. The summed E-state index contributed by atoms with van der Waals surface area (Å²) in [7, 11) is 2.27. The third-order valence-corrected chi connectivity index (χ3v) is 5.01. The fourth-order valence-corrected chi connectivity index (χ4v) is 3.43. The van der Waals surface area contributed by atoms with E-state index >= 15 is 0 Å². The van der Waals surface area contributed by atoms with Crippen molar-refractivity contribution >= 4 is 0 Å². The average molecular weight is 312 g/mol. The summed E-state index contributed by atoms with van der Waals surface area (Å²) in [5.41, 5.74) is 3.82. The Bertz CT molecular complexity index is 592. The summed E-state index contributed by atoms with van der Waals surface area (Å²) < 4.78 is 0. The molecule has 2 aromatic rings. The smallest absolute Gasteiger partial charge is 0.0925 e. The number of aromatic amines is 1. The number of benzene rings is 1. The van der Waals surface area contributed by atoms with Crippen LogP contribution in [-0.4, -0.2) is 52.5 Å². The van der Waals surface area contributed by atoms with Crippen LogP contribution < -0.4 is 0 Å². The topological polar surface area (TPSA) is 35.2 Å². The maximum absolute atomic E-state index is 4.44. The van der Waals surface area contributed by atoms with E-state index in [2.05, 4.69) is 64.1 Å². The van der Waals surface area contributed by atoms with Gasteiger partial charge in [-0.05, 0) is 45.3 Å². The summed E-state index contributed by atoms with van der Waals surface area (Å²) in [6.07, 6.45) is 5.52. The zero-order valence-electron chi connectivity index (χ0n) is 14.3. The van der Waals surface area contributed by atoms with Crippen molar-refractivity contribution in [2.24, 2.45) is 0 Å². The fraction of sp³-hybridized carbons (Fsp3) is 0.526. The lowest BCUT2D eigenvalue weighted by atomic mass is 10.0. The van der Waals surface area contributed by atoms with E-state index < -0.39 is 0 Å². The van der Waals surface area contributed by atoms with Gasteiger partial charge in [0.1, 0.15) is 0 Å². The van der Waals surface area contributed by atoms with Crippen molar-refractivity contribution in [3.05, 3.63) is 53.6 Å². The zero-order valence-corrected chi connectivity index (χ0v) is 14.3. The Morgan fingerprint density at radius 1 is 1.30 bits per heavy atom. The van der Waals surface area contributed by atoms with E-state index in [9.17, 15) is 0 Å². The first-order valence-corrected chi connectivity index (χ1v) is 8.68. The summed E-state index contributed by atoms with van der Waals surface area (Å²) in [6.45, 7) is 6.55. The molecule has 1 N–H and O–H groups in total. The normalized spacial score (nSPS) is 19.3. The average Bonchev–Trinajstić information content (AvgIpc) is 2.99. The number of hydrogen-bond acceptors (Lipinski definition) is 3. The predicted molar refractivity (Wildman–Crippen MR) is 94.4 cm³/mol. The molecule has 1 aromatic heterocycles. The monoisotopic (exact) mass is 312 g/mol. The number of nitrogens with zero attached hydrogens (tertiary/aromatic N) is 3. The van der Waals surface area contributed by atoms with Crippen LogP contribution in [0.15, 0.2) is 36.7 Å². The van der Waals surface area contributed by atoms with Gasteiger partial charge in [-0.2, -0.15) is 0 Å². The molecule has 0 amide bonds. The van der Waals surface area contributed by atoms with Crippen molar-refractivity contribution in [2.75, 3.05) is 26.7 Å². The van der Waals surface area contributed by atoms with Crippen molar-refractivity contribution in [1.82, 2.24) is 19.8 Å². The van der Waals surface area contributed by atoms with E-state index in [0.717, 1.165) is 26.1 Å². The molecule has 4 heteroatoms. The molecule has 0 saturated carbocycles. The van der Waals surface area contributed by atoms with Gasteiger partial charge >= 0.3 is 0 Å². The summed E-state index contributed by atoms with van der Waals surface area (Å²) in [6, 6.07) is 11.5. The zero-order chi connectivity index (χ0) is 16.1. The van der Waals surface area contributed by atoms with Gasteiger partial charge in [0.25, 0.3) is 0 Å². The van der Waals surface area contributed by atoms with Gasteiger partial charge in [-0.3, -0.25) is 4.90 Å². The SMILES string of the molecule is Cc1[nH]cnc1CN1CCCC(N(C)CCc2ccccc2)C1. The Morgan fingerprint density at radius 3 is 2.87 bits per heavy atom. The molecule has 1 aromatic carbocycles. The van der Waals surface area contributed by atoms with Crippen molar-refractivity contribution in [3.8, 4) is 0 Å². The Morgan fingerprint density at radius 2 is 2.13 bits per heavy atom. The minimum atomic E-state index is 0.659. The summed E-state index contributed by atoms with van der Waals surface area (Å²) in [4.78, 5) is 12.7. The van der Waals surface area contributed by atoms with Crippen molar-refractivity contribution < 1.29 is 0 Å². The molecule has 1 atom stereocenters. The molecular formula is C19H28N4. The van der Waals surface area contributed by atoms with E-state index in [1.807, 2.05) is 0 Å². The molecule has 4 nitrogen and oxygen atoms in total. The van der Waals surface area contributed by atoms with Crippen LogP contribution in [0.3, 0.4) is 0 Å². The number of likely N-dealkylation sites (tertiary alicyclic amines) is 1. The van der Waals surface area contributed by atoms with Crippen LogP contribution in [0.2, 0.25) is 0 Å². The van der Waals surface area contributed by atoms with E-state index in [0.29, 0.717) is 6.04 Å². The molecule has 1 aliphatic rings. The maximum Gasteiger partial charge on any atom is 0.0925 e. The minimum absolute atomic E-state index is 0.659. The Kier molecular flexibility index (Phi) is 5.47. The second kappa shape index (κ2) is 7.75. The van der Waals surface area contributed by atoms with Crippen molar-refractivity contribution in [2.45, 2.75) is 38.8 Å². The minimum Gasteiger partial charge on any atom is -0.348 e. The third-order valence-electron chi connectivity index (χ3n) is 5.01. The molecule has 0 spiro atoms. The molecule has 1 fully saturated rings. The first-order chi connectivity index (χ1) is 11.2. The molecular weight excluding hydrogens is 284 g/mol. The molecule has 1 saturated heterocycles. The van der Waals surface area contributed by atoms with E-state index in [4.69, 9.17) is 0 Å². The molecule has 2 heterocycles. The lowest BCUT2D eigenvalue weighted by Crippen LogP contribution is -2.46. The first-order valence-electron chi connectivity index (χ1n) is 8.68. The van der Waals surface area contributed by atoms with Gasteiger partial charge in [0, 0.05) is 31.4 Å². The Hall–Kier alpha value is -1.65. The number of aryl methyl sites for hydroxylation is 1. The van der Waals surface area contributed by atoms with Crippen LogP contribution in [-0.2, 0) is 13.0 Å². The van der Waals surface area contributed by atoms with E-state index in [-0.39, 0.29) is 0 Å². The number of aromatic nitrogens is 2. The number of H-pyrrole nitrogens is 1. The highest BCUT2D eigenvalue weighted by Crippen LogP contribution is 2.18.